The van der Waals surface area contributed by atoms with Gasteiger partial charge in [-0.1, -0.05) is 30.7 Å². The van der Waals surface area contributed by atoms with Crippen LogP contribution in [0.4, 0.5) is 0 Å². The predicted octanol–water partition coefficient (Wildman–Crippen LogP) is 4.98. The van der Waals surface area contributed by atoms with Crippen molar-refractivity contribution in [3.63, 3.8) is 0 Å². The molecule has 0 atom stereocenters. The lowest BCUT2D eigenvalue weighted by molar-refractivity contribution is -0.119. The molecule has 152 valence electrons. The molecule has 3 aromatic rings. The fraction of sp³-hybridized carbons (Fsp3) is 0.375. The van der Waals surface area contributed by atoms with Crippen molar-refractivity contribution in [1.29, 1.82) is 0 Å². The number of aryl methyl sites for hydroxylation is 2. The number of esters is 1. The van der Waals surface area contributed by atoms with E-state index in [2.05, 4.69) is 9.55 Å². The largest absolute Gasteiger partial charge is 0.462 e. The van der Waals surface area contributed by atoms with Gasteiger partial charge >= 0.3 is 5.97 Å². The summed E-state index contributed by atoms with van der Waals surface area (Å²) in [5, 5.41) is 0.927. The molecule has 0 aliphatic rings. The highest BCUT2D eigenvalue weighted by atomic mass is 16.5. The third-order valence-electron chi connectivity index (χ3n) is 5.05. The fourth-order valence-corrected chi connectivity index (χ4v) is 3.54. The molecule has 0 aliphatic carbocycles. The van der Waals surface area contributed by atoms with Crippen LogP contribution in [0.25, 0.3) is 10.9 Å². The van der Waals surface area contributed by atoms with Gasteiger partial charge in [-0.25, -0.2) is 4.79 Å². The van der Waals surface area contributed by atoms with Crippen molar-refractivity contribution in [2.45, 2.75) is 52.0 Å². The Morgan fingerprint density at radius 1 is 1.03 bits per heavy atom. The first-order valence-corrected chi connectivity index (χ1v) is 10.3. The summed E-state index contributed by atoms with van der Waals surface area (Å²) in [6, 6.07) is 11.8. The minimum absolute atomic E-state index is 0.276. The number of carbonyl (C=O) groups is 2. The topological polar surface area (TPSA) is 61.2 Å². The van der Waals surface area contributed by atoms with Crippen LogP contribution in [0.3, 0.4) is 0 Å². The van der Waals surface area contributed by atoms with Crippen LogP contribution in [0.1, 0.15) is 54.9 Å². The second kappa shape index (κ2) is 10.6. The number of para-hydroxylation sites is 1. The van der Waals surface area contributed by atoms with E-state index in [1.165, 1.54) is 0 Å². The number of Topliss-reactive ketones (excluding diaryl/α,β-unsaturated/α-hetero) is 1. The van der Waals surface area contributed by atoms with E-state index in [4.69, 9.17) is 4.74 Å². The number of rotatable bonds is 11. The lowest BCUT2D eigenvalue weighted by Crippen LogP contribution is -2.04. The molecular formula is C24H28N2O3. The molecule has 5 heteroatoms. The Morgan fingerprint density at radius 2 is 1.90 bits per heavy atom. The molecule has 29 heavy (non-hydrogen) atoms. The first-order chi connectivity index (χ1) is 14.2. The number of hydrogen-bond acceptors (Lipinski definition) is 4. The van der Waals surface area contributed by atoms with Crippen molar-refractivity contribution >= 4 is 22.7 Å². The van der Waals surface area contributed by atoms with Gasteiger partial charge in [-0.15, -0.1) is 0 Å². The summed E-state index contributed by atoms with van der Waals surface area (Å²) < 4.78 is 7.30. The second-order valence-corrected chi connectivity index (χ2v) is 7.18. The van der Waals surface area contributed by atoms with E-state index < -0.39 is 0 Å². The molecule has 0 N–H and O–H groups in total. The molecule has 2 aromatic heterocycles. The average Bonchev–Trinajstić information content (AvgIpc) is 3.12. The van der Waals surface area contributed by atoms with E-state index in [0.29, 0.717) is 30.8 Å². The Kier molecular flexibility index (Phi) is 7.56. The van der Waals surface area contributed by atoms with Crippen LogP contribution < -0.4 is 0 Å². The van der Waals surface area contributed by atoms with Crippen LogP contribution in [-0.4, -0.2) is 27.9 Å². The quantitative estimate of drug-likeness (QED) is 0.341. The zero-order chi connectivity index (χ0) is 20.5. The monoisotopic (exact) mass is 392 g/mol. The minimum atomic E-state index is -0.276. The third kappa shape index (κ3) is 5.76. The van der Waals surface area contributed by atoms with E-state index in [-0.39, 0.29) is 5.97 Å². The van der Waals surface area contributed by atoms with Crippen molar-refractivity contribution in [2.24, 2.45) is 0 Å². The highest BCUT2D eigenvalue weighted by molar-refractivity contribution is 6.04. The summed E-state index contributed by atoms with van der Waals surface area (Å²) in [5.74, 6) is 0.0338. The third-order valence-corrected chi connectivity index (χ3v) is 5.05. The molecule has 0 aliphatic heterocycles. The van der Waals surface area contributed by atoms with Crippen molar-refractivity contribution in [1.82, 2.24) is 9.55 Å². The van der Waals surface area contributed by atoms with E-state index in [1.54, 1.807) is 6.20 Å². The molecular weight excluding hydrogens is 364 g/mol. The van der Waals surface area contributed by atoms with Gasteiger partial charge in [0, 0.05) is 48.9 Å². The summed E-state index contributed by atoms with van der Waals surface area (Å²) in [6.45, 7) is 3.01. The molecule has 2 heterocycles. The van der Waals surface area contributed by atoms with Gasteiger partial charge in [0.2, 0.25) is 0 Å². The zero-order valence-electron chi connectivity index (χ0n) is 17.0. The summed E-state index contributed by atoms with van der Waals surface area (Å²) in [5.41, 5.74) is 2.77. The number of hydrogen-bond donors (Lipinski definition) is 0. The van der Waals surface area contributed by atoms with E-state index >= 15 is 0 Å². The predicted molar refractivity (Wildman–Crippen MR) is 114 cm³/mol. The molecule has 0 saturated carbocycles. The van der Waals surface area contributed by atoms with Crippen LogP contribution in [0, 0.1) is 0 Å². The molecule has 0 amide bonds. The van der Waals surface area contributed by atoms with Crippen LogP contribution in [-0.2, 0) is 22.5 Å². The van der Waals surface area contributed by atoms with Gasteiger partial charge in [-0.2, -0.15) is 0 Å². The summed E-state index contributed by atoms with van der Waals surface area (Å²) in [4.78, 5) is 28.4. The van der Waals surface area contributed by atoms with Crippen molar-refractivity contribution in [3.05, 3.63) is 66.1 Å². The summed E-state index contributed by atoms with van der Waals surface area (Å²) in [7, 11) is 0. The Morgan fingerprint density at radius 3 is 2.69 bits per heavy atom. The lowest BCUT2D eigenvalue weighted by Gasteiger charge is -2.05. The Hall–Kier alpha value is -2.95. The standard InChI is InChI=1S/C24H28N2O3/c1-2-29-24(28)22-18-26(23-12-6-5-11-21(22)23)16-7-3-4-10-20(27)14-13-19-9-8-15-25-17-19/h5-6,8-9,11-12,15,17-18H,2-4,7,10,13-14,16H2,1H3. The van der Waals surface area contributed by atoms with Crippen LogP contribution >= 0.6 is 0 Å². The van der Waals surface area contributed by atoms with Crippen LogP contribution in [0.2, 0.25) is 0 Å². The van der Waals surface area contributed by atoms with Gasteiger partial charge in [0.25, 0.3) is 0 Å². The highest BCUT2D eigenvalue weighted by Gasteiger charge is 2.15. The Labute approximate surface area is 171 Å². The van der Waals surface area contributed by atoms with Gasteiger partial charge in [-0.05, 0) is 43.9 Å². The number of unbranched alkanes of at least 4 members (excludes halogenated alkanes) is 2. The number of fused-ring (bicyclic) bond motifs is 1. The van der Waals surface area contributed by atoms with Gasteiger partial charge in [0.1, 0.15) is 5.78 Å². The normalized spacial score (nSPS) is 10.9. The molecule has 0 saturated heterocycles. The smallest absolute Gasteiger partial charge is 0.340 e. The molecule has 0 bridgehead atoms. The Bertz CT molecular complexity index is 947. The Balaban J connectivity index is 1.45. The number of aromatic nitrogens is 2. The number of ketones is 1. The molecule has 1 aromatic carbocycles. The first kappa shape index (κ1) is 20.8. The minimum Gasteiger partial charge on any atom is -0.462 e. The van der Waals surface area contributed by atoms with E-state index in [9.17, 15) is 9.59 Å². The van der Waals surface area contributed by atoms with Crippen LogP contribution in [0.15, 0.2) is 55.0 Å². The van der Waals surface area contributed by atoms with E-state index in [0.717, 1.165) is 48.7 Å². The zero-order valence-corrected chi connectivity index (χ0v) is 17.0. The fourth-order valence-electron chi connectivity index (χ4n) is 3.54. The first-order valence-electron chi connectivity index (χ1n) is 10.3. The summed E-state index contributed by atoms with van der Waals surface area (Å²) in [6.07, 6.45) is 10.3. The number of carbonyl (C=O) groups excluding carboxylic acids is 2. The maximum absolute atomic E-state index is 12.2. The van der Waals surface area contributed by atoms with Gasteiger partial charge in [0.15, 0.2) is 0 Å². The lowest BCUT2D eigenvalue weighted by atomic mass is 10.0. The SMILES string of the molecule is CCOC(=O)c1cn(CCCCCC(=O)CCc2cccnc2)c2ccccc12. The molecule has 0 fully saturated rings. The maximum Gasteiger partial charge on any atom is 0.340 e. The summed E-state index contributed by atoms with van der Waals surface area (Å²) >= 11 is 0. The van der Waals surface area contributed by atoms with Crippen molar-refractivity contribution < 1.29 is 14.3 Å². The number of nitrogens with zero attached hydrogens (tertiary/aromatic N) is 2. The highest BCUT2D eigenvalue weighted by Crippen LogP contribution is 2.23. The van der Waals surface area contributed by atoms with E-state index in [1.807, 2.05) is 55.7 Å². The van der Waals surface area contributed by atoms with Gasteiger partial charge in [-0.3, -0.25) is 9.78 Å². The maximum atomic E-state index is 12.2. The molecule has 0 radical (unpaired) electrons. The average molecular weight is 392 g/mol. The second-order valence-electron chi connectivity index (χ2n) is 7.18. The number of ether oxygens (including phenoxy) is 1. The number of pyridine rings is 1. The van der Waals surface area contributed by atoms with Crippen LogP contribution in [0.5, 0.6) is 0 Å². The molecule has 0 unspecified atom stereocenters. The molecule has 3 rings (SSSR count). The van der Waals surface area contributed by atoms with Gasteiger partial charge in [0.05, 0.1) is 12.2 Å². The molecule has 0 spiro atoms. The van der Waals surface area contributed by atoms with Crippen molar-refractivity contribution in [3.8, 4) is 0 Å². The number of benzene rings is 1. The van der Waals surface area contributed by atoms with Crippen molar-refractivity contribution in [2.75, 3.05) is 6.61 Å². The van der Waals surface area contributed by atoms with Gasteiger partial charge < -0.3 is 9.30 Å². The molecule has 5 nitrogen and oxygen atoms in total.